The van der Waals surface area contributed by atoms with E-state index in [-0.39, 0.29) is 5.41 Å². The molecule has 0 aromatic heterocycles. The highest BCUT2D eigenvalue weighted by Crippen LogP contribution is 2.31. The van der Waals surface area contributed by atoms with Crippen molar-refractivity contribution in [2.24, 2.45) is 0 Å². The lowest BCUT2D eigenvalue weighted by Gasteiger charge is -2.23. The molecule has 0 aliphatic rings. The highest BCUT2D eigenvalue weighted by Gasteiger charge is 2.16. The maximum Gasteiger partial charge on any atom is 0.0443 e. The van der Waals surface area contributed by atoms with Gasteiger partial charge in [0, 0.05) is 12.7 Å². The third-order valence-electron chi connectivity index (χ3n) is 2.97. The molecular weight excluding hydrogens is 218 g/mol. The molecule has 0 unspecified atom stereocenters. The van der Waals surface area contributed by atoms with Gasteiger partial charge in [0.1, 0.15) is 0 Å². The van der Waals surface area contributed by atoms with Gasteiger partial charge in [-0.05, 0) is 34.6 Å². The molecule has 0 saturated carbocycles. The van der Waals surface area contributed by atoms with Crippen molar-refractivity contribution in [1.82, 2.24) is 0 Å². The van der Waals surface area contributed by atoms with Crippen LogP contribution in [0.15, 0.2) is 18.7 Å². The number of hydrogen-bond acceptors (Lipinski definition) is 1. The Labute approximate surface area is 113 Å². The van der Waals surface area contributed by atoms with E-state index in [1.54, 1.807) is 0 Å². The fourth-order valence-electron chi connectivity index (χ4n) is 1.90. The standard InChI is InChI=1S/C15H23N.C2H6/c1-7-11-9-13(15(3,4)5)10-12(8-2)14(11)16-6;1-2/h7,9-10,16H,1,8H2,2-6H3;1-2H3. The topological polar surface area (TPSA) is 12.0 Å². The summed E-state index contributed by atoms with van der Waals surface area (Å²) in [5, 5.41) is 3.27. The molecule has 1 rings (SSSR count). The SMILES string of the molecule is C=Cc1cc(C(C)(C)C)cc(CC)c1NC.CC. The normalized spacial score (nSPS) is 10.4. The molecule has 1 aromatic carbocycles. The second-order valence-electron chi connectivity index (χ2n) is 5.16. The molecule has 0 atom stereocenters. The monoisotopic (exact) mass is 247 g/mol. The van der Waals surface area contributed by atoms with E-state index >= 15 is 0 Å². The quantitative estimate of drug-likeness (QED) is 0.768. The van der Waals surface area contributed by atoms with Crippen molar-refractivity contribution in [3.63, 3.8) is 0 Å². The summed E-state index contributed by atoms with van der Waals surface area (Å²) in [6.07, 6.45) is 2.97. The molecule has 1 aromatic rings. The summed E-state index contributed by atoms with van der Waals surface area (Å²) in [6.45, 7) is 16.8. The number of benzene rings is 1. The van der Waals surface area contributed by atoms with Crippen LogP contribution in [0.2, 0.25) is 0 Å². The minimum absolute atomic E-state index is 0.188. The van der Waals surface area contributed by atoms with Gasteiger partial charge < -0.3 is 5.32 Å². The lowest BCUT2D eigenvalue weighted by Crippen LogP contribution is -2.13. The zero-order chi connectivity index (χ0) is 14.3. The van der Waals surface area contributed by atoms with E-state index in [1.807, 2.05) is 27.0 Å². The number of rotatable bonds is 3. The Morgan fingerprint density at radius 3 is 2.11 bits per heavy atom. The van der Waals surface area contributed by atoms with Crippen molar-refractivity contribution < 1.29 is 0 Å². The van der Waals surface area contributed by atoms with Crippen LogP contribution in [0, 0.1) is 0 Å². The zero-order valence-electron chi connectivity index (χ0n) is 13.1. The zero-order valence-corrected chi connectivity index (χ0v) is 13.1. The number of hydrogen-bond donors (Lipinski definition) is 1. The molecular formula is C17H29N. The first kappa shape index (κ1) is 16.8. The van der Waals surface area contributed by atoms with Gasteiger partial charge in [-0.2, -0.15) is 0 Å². The van der Waals surface area contributed by atoms with E-state index in [9.17, 15) is 0 Å². The molecule has 1 heteroatoms. The fourth-order valence-corrected chi connectivity index (χ4v) is 1.90. The van der Waals surface area contributed by atoms with Gasteiger partial charge in [-0.1, -0.05) is 60.3 Å². The predicted molar refractivity (Wildman–Crippen MR) is 85.5 cm³/mol. The van der Waals surface area contributed by atoms with Gasteiger partial charge in [-0.15, -0.1) is 0 Å². The summed E-state index contributed by atoms with van der Waals surface area (Å²) in [5.41, 5.74) is 5.34. The molecule has 0 bridgehead atoms. The van der Waals surface area contributed by atoms with Crippen LogP contribution in [0.1, 0.15) is 58.2 Å². The summed E-state index contributed by atoms with van der Waals surface area (Å²) in [7, 11) is 1.97. The largest absolute Gasteiger partial charge is 0.387 e. The lowest BCUT2D eigenvalue weighted by atomic mass is 9.84. The highest BCUT2D eigenvalue weighted by atomic mass is 14.8. The minimum atomic E-state index is 0.188. The molecule has 0 amide bonds. The third kappa shape index (κ3) is 3.90. The molecule has 0 spiro atoms. The molecule has 0 fully saturated rings. The van der Waals surface area contributed by atoms with Crippen molar-refractivity contribution in [3.05, 3.63) is 35.4 Å². The number of anilines is 1. The third-order valence-corrected chi connectivity index (χ3v) is 2.97. The fraction of sp³-hybridized carbons (Fsp3) is 0.529. The van der Waals surface area contributed by atoms with Crippen molar-refractivity contribution in [2.75, 3.05) is 12.4 Å². The number of nitrogens with one attached hydrogen (secondary N) is 1. The molecule has 0 heterocycles. The summed E-state index contributed by atoms with van der Waals surface area (Å²) in [5.74, 6) is 0. The first-order valence-electron chi connectivity index (χ1n) is 6.91. The Hall–Kier alpha value is -1.24. The molecule has 0 radical (unpaired) electrons. The summed E-state index contributed by atoms with van der Waals surface area (Å²) >= 11 is 0. The Morgan fingerprint density at radius 1 is 1.22 bits per heavy atom. The van der Waals surface area contributed by atoms with Crippen molar-refractivity contribution in [3.8, 4) is 0 Å². The highest BCUT2D eigenvalue weighted by molar-refractivity contribution is 5.70. The van der Waals surface area contributed by atoms with E-state index in [2.05, 4.69) is 51.7 Å². The van der Waals surface area contributed by atoms with Gasteiger partial charge >= 0.3 is 0 Å². The Balaban J connectivity index is 0.00000137. The molecule has 0 saturated heterocycles. The Kier molecular flexibility index (Phi) is 6.75. The summed E-state index contributed by atoms with van der Waals surface area (Å²) in [4.78, 5) is 0. The maximum atomic E-state index is 3.90. The van der Waals surface area contributed by atoms with Crippen LogP contribution in [0.4, 0.5) is 5.69 Å². The maximum absolute atomic E-state index is 3.90. The average Bonchev–Trinajstić information content (AvgIpc) is 2.38. The van der Waals surface area contributed by atoms with Crippen LogP contribution in [-0.4, -0.2) is 7.05 Å². The number of aryl methyl sites for hydroxylation is 1. The van der Waals surface area contributed by atoms with E-state index < -0.39 is 0 Å². The Bertz CT molecular complexity index is 383. The van der Waals surface area contributed by atoms with Gasteiger partial charge in [-0.3, -0.25) is 0 Å². The van der Waals surface area contributed by atoms with Crippen molar-refractivity contribution in [2.45, 2.75) is 53.4 Å². The molecule has 1 nitrogen and oxygen atoms in total. The van der Waals surface area contributed by atoms with E-state index in [0.29, 0.717) is 0 Å². The van der Waals surface area contributed by atoms with Gasteiger partial charge in [0.2, 0.25) is 0 Å². The first-order chi connectivity index (χ1) is 8.43. The van der Waals surface area contributed by atoms with Crippen LogP contribution in [-0.2, 0) is 11.8 Å². The van der Waals surface area contributed by atoms with E-state index in [0.717, 1.165) is 6.42 Å². The van der Waals surface area contributed by atoms with Crippen LogP contribution >= 0.6 is 0 Å². The second-order valence-corrected chi connectivity index (χ2v) is 5.16. The molecule has 0 aliphatic carbocycles. The van der Waals surface area contributed by atoms with Crippen LogP contribution in [0.5, 0.6) is 0 Å². The van der Waals surface area contributed by atoms with Crippen LogP contribution in [0.25, 0.3) is 6.08 Å². The van der Waals surface area contributed by atoms with Crippen LogP contribution in [0.3, 0.4) is 0 Å². The molecule has 18 heavy (non-hydrogen) atoms. The average molecular weight is 247 g/mol. The van der Waals surface area contributed by atoms with Gasteiger partial charge in [0.05, 0.1) is 0 Å². The predicted octanol–water partition coefficient (Wildman–Crippen LogP) is 5.26. The molecule has 0 aliphatic heterocycles. The molecule has 102 valence electrons. The smallest absolute Gasteiger partial charge is 0.0443 e. The summed E-state index contributed by atoms with van der Waals surface area (Å²) in [6, 6.07) is 4.54. The minimum Gasteiger partial charge on any atom is -0.387 e. The van der Waals surface area contributed by atoms with Gasteiger partial charge in [0.25, 0.3) is 0 Å². The van der Waals surface area contributed by atoms with Gasteiger partial charge in [0.15, 0.2) is 0 Å². The summed E-state index contributed by atoms with van der Waals surface area (Å²) < 4.78 is 0. The van der Waals surface area contributed by atoms with E-state index in [1.165, 1.54) is 22.4 Å². The van der Waals surface area contributed by atoms with Crippen molar-refractivity contribution in [1.29, 1.82) is 0 Å². The van der Waals surface area contributed by atoms with Gasteiger partial charge in [-0.25, -0.2) is 0 Å². The van der Waals surface area contributed by atoms with Crippen molar-refractivity contribution >= 4 is 11.8 Å². The molecule has 1 N–H and O–H groups in total. The first-order valence-corrected chi connectivity index (χ1v) is 6.91. The second kappa shape index (κ2) is 7.25. The lowest BCUT2D eigenvalue weighted by molar-refractivity contribution is 0.589. The Morgan fingerprint density at radius 2 is 1.78 bits per heavy atom. The van der Waals surface area contributed by atoms with E-state index in [4.69, 9.17) is 0 Å². The van der Waals surface area contributed by atoms with Crippen LogP contribution < -0.4 is 5.32 Å².